The molecule has 0 spiro atoms. The first-order valence-corrected chi connectivity index (χ1v) is 10.1. The van der Waals surface area contributed by atoms with Crippen LogP contribution in [0.3, 0.4) is 0 Å². The highest BCUT2D eigenvalue weighted by Gasteiger charge is 2.18. The molecule has 8 heteroatoms. The Morgan fingerprint density at radius 2 is 2.00 bits per heavy atom. The molecule has 114 valence electrons. The van der Waals surface area contributed by atoms with Gasteiger partial charge in [-0.25, -0.2) is 8.42 Å². The summed E-state index contributed by atoms with van der Waals surface area (Å²) in [7, 11) is -3.57. The van der Waals surface area contributed by atoms with Crippen LogP contribution in [0.25, 0.3) is 0 Å². The number of thiophene rings is 1. The Morgan fingerprint density at radius 3 is 2.71 bits per heavy atom. The molecule has 0 saturated heterocycles. The lowest BCUT2D eigenvalue weighted by molar-refractivity contribution is 0.603. The minimum Gasteiger partial charge on any atom is -0.313 e. The molecule has 4 nitrogen and oxygen atoms in total. The Hall–Kier alpha value is -0.410. The second kappa shape index (κ2) is 7.23. The lowest BCUT2D eigenvalue weighted by Crippen LogP contribution is -2.13. The first-order chi connectivity index (χ1) is 9.92. The summed E-state index contributed by atoms with van der Waals surface area (Å²) in [6.07, 6.45) is 0. The van der Waals surface area contributed by atoms with Crippen molar-refractivity contribution >= 4 is 58.9 Å². The van der Waals surface area contributed by atoms with Crippen molar-refractivity contribution < 1.29 is 8.42 Å². The van der Waals surface area contributed by atoms with Crippen LogP contribution in [0.4, 0.5) is 5.69 Å². The van der Waals surface area contributed by atoms with Crippen molar-refractivity contribution in [3.63, 3.8) is 0 Å². The van der Waals surface area contributed by atoms with Gasteiger partial charge in [0.2, 0.25) is 0 Å². The first kappa shape index (κ1) is 17.0. The summed E-state index contributed by atoms with van der Waals surface area (Å²) in [4.78, 5) is 0. The van der Waals surface area contributed by atoms with E-state index in [1.165, 1.54) is 11.3 Å². The van der Waals surface area contributed by atoms with E-state index in [1.54, 1.807) is 18.2 Å². The molecular weight excluding hydrogens is 440 g/mol. The van der Waals surface area contributed by atoms with Crippen molar-refractivity contribution in [1.82, 2.24) is 5.32 Å². The third-order valence-corrected chi connectivity index (χ3v) is 6.69. The van der Waals surface area contributed by atoms with E-state index in [4.69, 9.17) is 0 Å². The van der Waals surface area contributed by atoms with Gasteiger partial charge in [-0.3, -0.25) is 4.72 Å². The number of hydrogen-bond donors (Lipinski definition) is 2. The molecule has 0 radical (unpaired) electrons. The lowest BCUT2D eigenvalue weighted by atomic mass is 10.3. The van der Waals surface area contributed by atoms with Crippen LogP contribution in [0.15, 0.2) is 42.8 Å². The Labute approximate surface area is 145 Å². The van der Waals surface area contributed by atoms with Gasteiger partial charge < -0.3 is 5.32 Å². The zero-order chi connectivity index (χ0) is 15.5. The molecule has 0 aliphatic rings. The summed E-state index contributed by atoms with van der Waals surface area (Å²) in [6.45, 7) is 3.53. The predicted molar refractivity (Wildman–Crippen MR) is 94.4 cm³/mol. The fraction of sp³-hybridized carbons (Fsp3) is 0.231. The molecule has 2 N–H and O–H groups in total. The highest BCUT2D eigenvalue weighted by molar-refractivity contribution is 9.11. The number of anilines is 1. The predicted octanol–water partition coefficient (Wildman–Crippen LogP) is 4.18. The second-order valence-corrected chi connectivity index (χ2v) is 8.87. The number of rotatable bonds is 6. The van der Waals surface area contributed by atoms with Crippen molar-refractivity contribution in [2.75, 3.05) is 11.3 Å². The average Bonchev–Trinajstić information content (AvgIpc) is 2.90. The second-order valence-electron chi connectivity index (χ2n) is 4.28. The van der Waals surface area contributed by atoms with Crippen LogP contribution in [-0.4, -0.2) is 15.0 Å². The lowest BCUT2D eigenvalue weighted by Gasteiger charge is -2.08. The summed E-state index contributed by atoms with van der Waals surface area (Å²) in [5.74, 6) is 0. The van der Waals surface area contributed by atoms with E-state index in [-0.39, 0.29) is 0 Å². The molecule has 0 unspecified atom stereocenters. The van der Waals surface area contributed by atoms with Crippen molar-refractivity contribution in [3.8, 4) is 0 Å². The van der Waals surface area contributed by atoms with Gasteiger partial charge in [-0.05, 0) is 57.7 Å². The van der Waals surface area contributed by atoms with Crippen LogP contribution in [0.2, 0.25) is 0 Å². The Balaban J connectivity index is 2.22. The van der Waals surface area contributed by atoms with Crippen LogP contribution in [-0.2, 0) is 16.6 Å². The zero-order valence-electron chi connectivity index (χ0n) is 11.2. The van der Waals surface area contributed by atoms with E-state index in [0.29, 0.717) is 20.9 Å². The largest absolute Gasteiger partial charge is 0.313 e. The topological polar surface area (TPSA) is 58.2 Å². The molecule has 2 aromatic rings. The minimum absolute atomic E-state index is 0.308. The monoisotopic (exact) mass is 452 g/mol. The van der Waals surface area contributed by atoms with Crippen molar-refractivity contribution in [1.29, 1.82) is 0 Å². The van der Waals surface area contributed by atoms with Gasteiger partial charge in [0.15, 0.2) is 0 Å². The average molecular weight is 454 g/mol. The quantitative estimate of drug-likeness (QED) is 0.689. The SMILES string of the molecule is CCNCc1csc(S(=O)(=O)Nc2cc(Br)ccc2Br)c1. The van der Waals surface area contributed by atoms with Gasteiger partial charge in [0.05, 0.1) is 5.69 Å². The highest BCUT2D eigenvalue weighted by Crippen LogP contribution is 2.29. The van der Waals surface area contributed by atoms with Crippen LogP contribution in [0.1, 0.15) is 12.5 Å². The van der Waals surface area contributed by atoms with E-state index in [2.05, 4.69) is 41.9 Å². The van der Waals surface area contributed by atoms with Gasteiger partial charge in [-0.2, -0.15) is 0 Å². The first-order valence-electron chi connectivity index (χ1n) is 6.18. The minimum atomic E-state index is -3.57. The molecule has 0 aliphatic carbocycles. The molecule has 0 fully saturated rings. The summed E-state index contributed by atoms with van der Waals surface area (Å²) in [5.41, 5.74) is 1.47. The fourth-order valence-corrected chi connectivity index (χ4v) is 4.74. The number of sulfonamides is 1. The third-order valence-electron chi connectivity index (χ3n) is 2.65. The van der Waals surface area contributed by atoms with Crippen LogP contribution < -0.4 is 10.0 Å². The van der Waals surface area contributed by atoms with E-state index < -0.39 is 10.0 Å². The maximum absolute atomic E-state index is 12.4. The van der Waals surface area contributed by atoms with Crippen LogP contribution >= 0.6 is 43.2 Å². The maximum Gasteiger partial charge on any atom is 0.271 e. The molecular formula is C13H14Br2N2O2S2. The molecule has 0 aliphatic heterocycles. The number of nitrogens with one attached hydrogen (secondary N) is 2. The van der Waals surface area contributed by atoms with Gasteiger partial charge in [-0.15, -0.1) is 11.3 Å². The van der Waals surface area contributed by atoms with Crippen LogP contribution in [0, 0.1) is 0 Å². The normalized spacial score (nSPS) is 11.6. The van der Waals surface area contributed by atoms with Crippen molar-refractivity contribution in [3.05, 3.63) is 44.2 Å². The third kappa shape index (κ3) is 4.53. The zero-order valence-corrected chi connectivity index (χ0v) is 16.0. The van der Waals surface area contributed by atoms with Crippen molar-refractivity contribution in [2.45, 2.75) is 17.7 Å². The van der Waals surface area contributed by atoms with Gasteiger partial charge in [0.1, 0.15) is 4.21 Å². The van der Waals surface area contributed by atoms with E-state index in [0.717, 1.165) is 16.6 Å². The number of benzene rings is 1. The summed E-state index contributed by atoms with van der Waals surface area (Å²) in [5, 5.41) is 5.03. The van der Waals surface area contributed by atoms with Gasteiger partial charge in [0, 0.05) is 15.5 Å². The summed E-state index contributed by atoms with van der Waals surface area (Å²) in [6, 6.07) is 7.03. The Bertz CT molecular complexity index is 730. The molecule has 1 aromatic heterocycles. The fourth-order valence-electron chi connectivity index (χ4n) is 1.63. The molecule has 2 rings (SSSR count). The molecule has 0 atom stereocenters. The van der Waals surface area contributed by atoms with Gasteiger partial charge in [0.25, 0.3) is 10.0 Å². The molecule has 1 aromatic carbocycles. The molecule has 0 saturated carbocycles. The number of hydrogen-bond acceptors (Lipinski definition) is 4. The summed E-state index contributed by atoms with van der Waals surface area (Å²) < 4.78 is 29.2. The van der Waals surface area contributed by atoms with Crippen LogP contribution in [0.5, 0.6) is 0 Å². The standard InChI is InChI=1S/C13H14Br2N2O2S2/c1-2-16-7-9-5-13(20-8-9)21(18,19)17-12-6-10(14)3-4-11(12)15/h3-6,8,16-17H,2,7H2,1H3. The Kier molecular flexibility index (Phi) is 5.84. The highest BCUT2D eigenvalue weighted by atomic mass is 79.9. The summed E-state index contributed by atoms with van der Waals surface area (Å²) >= 11 is 7.89. The molecule has 0 bridgehead atoms. The number of halogens is 2. The van der Waals surface area contributed by atoms with Gasteiger partial charge >= 0.3 is 0 Å². The molecule has 21 heavy (non-hydrogen) atoms. The Morgan fingerprint density at radius 1 is 1.24 bits per heavy atom. The molecule has 0 amide bonds. The maximum atomic E-state index is 12.4. The van der Waals surface area contributed by atoms with E-state index in [9.17, 15) is 8.42 Å². The van der Waals surface area contributed by atoms with Gasteiger partial charge in [-0.1, -0.05) is 22.9 Å². The van der Waals surface area contributed by atoms with E-state index >= 15 is 0 Å². The van der Waals surface area contributed by atoms with E-state index in [1.807, 2.05) is 18.4 Å². The smallest absolute Gasteiger partial charge is 0.271 e. The molecule has 1 heterocycles. The van der Waals surface area contributed by atoms with Crippen molar-refractivity contribution in [2.24, 2.45) is 0 Å².